The molecule has 1 saturated heterocycles. The molecule has 1 aliphatic rings. The summed E-state index contributed by atoms with van der Waals surface area (Å²) < 4.78 is 17.2. The molecule has 0 amide bonds. The van der Waals surface area contributed by atoms with Crippen molar-refractivity contribution in [2.75, 3.05) is 19.0 Å². The monoisotopic (exact) mass is 508 g/mol. The molecule has 0 bridgehead atoms. The molecule has 0 N–H and O–H groups in total. The zero-order valence-corrected chi connectivity index (χ0v) is 20.6. The first-order chi connectivity index (χ1) is 15.9. The average molecular weight is 509 g/mol. The minimum Gasteiger partial charge on any atom is -0.455 e. The van der Waals surface area contributed by atoms with Crippen molar-refractivity contribution < 1.29 is 23.8 Å². The number of Topliss-reactive ketones (excluding diaryl/α,β-unsaturated/α-hetero) is 1. The number of carbonyl (C=O) groups excluding carboxylic acids is 2. The normalized spacial score (nSPS) is 17.4. The van der Waals surface area contributed by atoms with Gasteiger partial charge in [0.25, 0.3) is 0 Å². The predicted octanol–water partition coefficient (Wildman–Crippen LogP) is 6.21. The molecule has 1 fully saturated rings. The van der Waals surface area contributed by atoms with Crippen LogP contribution in [0.5, 0.6) is 0 Å². The molecule has 1 unspecified atom stereocenters. The third kappa shape index (κ3) is 8.16. The zero-order valence-electron chi connectivity index (χ0n) is 18.3. The first-order valence-corrected chi connectivity index (χ1v) is 12.5. The Morgan fingerprint density at radius 2 is 1.94 bits per heavy atom. The Balaban J connectivity index is 1.73. The second kappa shape index (κ2) is 13.2. The Bertz CT molecular complexity index is 974. The number of benzene rings is 2. The fourth-order valence-electron chi connectivity index (χ4n) is 3.19. The molecule has 5 nitrogen and oxygen atoms in total. The lowest BCUT2D eigenvalue weighted by Gasteiger charge is -2.25. The van der Waals surface area contributed by atoms with Crippen molar-refractivity contribution in [3.8, 4) is 0 Å². The van der Waals surface area contributed by atoms with E-state index in [2.05, 4.69) is 0 Å². The first kappa shape index (κ1) is 25.8. The molecule has 0 aliphatic carbocycles. The summed E-state index contributed by atoms with van der Waals surface area (Å²) in [4.78, 5) is 26.3. The van der Waals surface area contributed by atoms with Crippen LogP contribution in [0, 0.1) is 0 Å². The van der Waals surface area contributed by atoms with Gasteiger partial charge >= 0.3 is 5.97 Å². The molecule has 8 heteroatoms. The van der Waals surface area contributed by atoms with Crippen LogP contribution in [0.15, 0.2) is 59.0 Å². The predicted molar refractivity (Wildman–Crippen MR) is 132 cm³/mol. The van der Waals surface area contributed by atoms with Crippen LogP contribution in [0.1, 0.15) is 31.7 Å². The Morgan fingerprint density at radius 1 is 1.15 bits per heavy atom. The minimum absolute atomic E-state index is 0.109. The topological polar surface area (TPSA) is 61.8 Å². The first-order valence-electron chi connectivity index (χ1n) is 10.7. The molecule has 1 heterocycles. The van der Waals surface area contributed by atoms with E-state index in [1.165, 1.54) is 13.0 Å². The van der Waals surface area contributed by atoms with Crippen LogP contribution in [0.2, 0.25) is 10.0 Å². The van der Waals surface area contributed by atoms with Gasteiger partial charge < -0.3 is 14.2 Å². The van der Waals surface area contributed by atoms with Gasteiger partial charge in [0.05, 0.1) is 16.7 Å². The van der Waals surface area contributed by atoms with E-state index < -0.39 is 17.9 Å². The van der Waals surface area contributed by atoms with Crippen LogP contribution in [0.25, 0.3) is 6.08 Å². The van der Waals surface area contributed by atoms with E-state index in [9.17, 15) is 9.59 Å². The summed E-state index contributed by atoms with van der Waals surface area (Å²) in [5, 5.41) is 0.597. The largest absolute Gasteiger partial charge is 0.455 e. The maximum Gasteiger partial charge on any atom is 0.342 e. The number of hydrogen-bond acceptors (Lipinski definition) is 6. The van der Waals surface area contributed by atoms with E-state index in [4.69, 9.17) is 37.4 Å². The number of esters is 1. The van der Waals surface area contributed by atoms with Crippen molar-refractivity contribution >= 4 is 52.8 Å². The number of halogens is 2. The van der Waals surface area contributed by atoms with Gasteiger partial charge in [0.15, 0.2) is 12.1 Å². The van der Waals surface area contributed by atoms with Crippen molar-refractivity contribution in [2.24, 2.45) is 0 Å². The van der Waals surface area contributed by atoms with Crippen molar-refractivity contribution in [1.82, 2.24) is 0 Å². The van der Waals surface area contributed by atoms with Crippen molar-refractivity contribution in [1.29, 1.82) is 0 Å². The maximum atomic E-state index is 13.0. The summed E-state index contributed by atoms with van der Waals surface area (Å²) in [6, 6.07) is 14.8. The smallest absolute Gasteiger partial charge is 0.342 e. The second-order valence-corrected chi connectivity index (χ2v) is 9.42. The highest BCUT2D eigenvalue weighted by atomic mass is 35.5. The summed E-state index contributed by atoms with van der Waals surface area (Å²) in [5.41, 5.74) is 0.358. The highest BCUT2D eigenvalue weighted by molar-refractivity contribution is 7.99. The molecular weight excluding hydrogens is 483 g/mol. The summed E-state index contributed by atoms with van der Waals surface area (Å²) >= 11 is 13.8. The number of carbonyl (C=O) groups is 2. The van der Waals surface area contributed by atoms with Crippen LogP contribution in [0.3, 0.4) is 0 Å². The number of rotatable bonds is 10. The van der Waals surface area contributed by atoms with E-state index in [0.29, 0.717) is 22.9 Å². The summed E-state index contributed by atoms with van der Waals surface area (Å²) in [7, 11) is 0. The molecule has 33 heavy (non-hydrogen) atoms. The minimum atomic E-state index is -0.731. The lowest BCUT2D eigenvalue weighted by molar-refractivity contribution is -0.181. The molecule has 176 valence electrons. The van der Waals surface area contributed by atoms with Crippen LogP contribution in [-0.4, -0.2) is 43.1 Å². The van der Waals surface area contributed by atoms with Gasteiger partial charge in [0.2, 0.25) is 0 Å². The van der Waals surface area contributed by atoms with Crippen LogP contribution in [0.4, 0.5) is 0 Å². The van der Waals surface area contributed by atoms with Crippen LogP contribution in [-0.2, 0) is 23.8 Å². The average Bonchev–Trinajstić information content (AvgIpc) is 2.82. The molecule has 0 spiro atoms. The fourth-order valence-corrected chi connectivity index (χ4v) is 4.44. The molecule has 2 aromatic rings. The number of thioether (sulfide) groups is 1. The fraction of sp³-hybridized carbons (Fsp3) is 0.360. The summed E-state index contributed by atoms with van der Waals surface area (Å²) in [6.45, 7) is 2.14. The third-order valence-corrected chi connectivity index (χ3v) is 6.92. The Morgan fingerprint density at radius 3 is 2.64 bits per heavy atom. The lowest BCUT2D eigenvalue weighted by atomic mass is 10.1. The maximum absolute atomic E-state index is 13.0. The van der Waals surface area contributed by atoms with Gasteiger partial charge in [0, 0.05) is 17.3 Å². The highest BCUT2D eigenvalue weighted by Crippen LogP contribution is 2.28. The molecule has 2 aromatic carbocycles. The van der Waals surface area contributed by atoms with Gasteiger partial charge in [-0.15, -0.1) is 11.8 Å². The van der Waals surface area contributed by atoms with Gasteiger partial charge in [0.1, 0.15) is 11.7 Å². The molecule has 0 radical (unpaired) electrons. The quantitative estimate of drug-likeness (QED) is 0.125. The Hall–Kier alpha value is -1.83. The van der Waals surface area contributed by atoms with Crippen molar-refractivity contribution in [3.05, 3.63) is 69.7 Å². The van der Waals surface area contributed by atoms with Crippen LogP contribution >= 0.6 is 35.0 Å². The number of hydrogen-bond donors (Lipinski definition) is 0. The molecular formula is C25H26Cl2O5S. The molecule has 3 rings (SSSR count). The van der Waals surface area contributed by atoms with Gasteiger partial charge in [-0.3, -0.25) is 4.79 Å². The standard InChI is InChI=1S/C25H26Cl2O5S/c1-17(28)21(14-18-8-7-11-22(26)24(18)27)25(29)32-19(15-31-23-12-5-6-13-30-23)16-33-20-9-3-2-4-10-20/h2-4,7-11,14,19,23H,5-6,12-13,15-16H2,1H3/b21-14-/t19-,23?/m1/s1. The van der Waals surface area contributed by atoms with Crippen molar-refractivity contribution in [2.45, 2.75) is 43.5 Å². The Labute approximate surface area is 208 Å². The zero-order chi connectivity index (χ0) is 23.6. The highest BCUT2D eigenvalue weighted by Gasteiger charge is 2.24. The van der Waals surface area contributed by atoms with Gasteiger partial charge in [-0.2, -0.15) is 0 Å². The van der Waals surface area contributed by atoms with Gasteiger partial charge in [-0.1, -0.05) is 53.5 Å². The van der Waals surface area contributed by atoms with E-state index in [1.54, 1.807) is 30.0 Å². The van der Waals surface area contributed by atoms with Gasteiger partial charge in [-0.05, 0) is 56.0 Å². The van der Waals surface area contributed by atoms with Crippen molar-refractivity contribution in [3.63, 3.8) is 0 Å². The SMILES string of the molecule is CC(=O)/C(=C/c1cccc(Cl)c1Cl)C(=O)O[C@H](COC1CCCCO1)CSc1ccccc1. The Kier molecular flexibility index (Phi) is 10.3. The molecule has 0 aromatic heterocycles. The third-order valence-electron chi connectivity index (χ3n) is 4.94. The van der Waals surface area contributed by atoms with E-state index in [-0.39, 0.29) is 23.5 Å². The molecule has 0 saturated carbocycles. The summed E-state index contributed by atoms with van der Waals surface area (Å²) in [5.74, 6) is -0.696. The van der Waals surface area contributed by atoms with Crippen LogP contribution < -0.4 is 0 Å². The lowest BCUT2D eigenvalue weighted by Crippen LogP contribution is -2.32. The second-order valence-electron chi connectivity index (χ2n) is 7.54. The van der Waals surface area contributed by atoms with Gasteiger partial charge in [-0.25, -0.2) is 4.79 Å². The number of ketones is 1. The van der Waals surface area contributed by atoms with E-state index in [1.807, 2.05) is 30.3 Å². The van der Waals surface area contributed by atoms with E-state index >= 15 is 0 Å². The molecule has 2 atom stereocenters. The number of ether oxygens (including phenoxy) is 3. The molecule has 1 aliphatic heterocycles. The van der Waals surface area contributed by atoms with E-state index in [0.717, 1.165) is 24.2 Å². The summed E-state index contributed by atoms with van der Waals surface area (Å²) in [6.07, 6.45) is 3.37.